The van der Waals surface area contributed by atoms with Gasteiger partial charge in [0, 0.05) is 18.6 Å². The second-order valence-corrected chi connectivity index (χ2v) is 6.40. The molecule has 1 aliphatic heterocycles. The predicted molar refractivity (Wildman–Crippen MR) is 82.1 cm³/mol. The summed E-state index contributed by atoms with van der Waals surface area (Å²) in [5.74, 6) is 0.398. The van der Waals surface area contributed by atoms with Gasteiger partial charge in [-0.1, -0.05) is 6.07 Å². The highest BCUT2D eigenvalue weighted by Gasteiger charge is 2.23. The van der Waals surface area contributed by atoms with Crippen molar-refractivity contribution in [3.8, 4) is 5.75 Å². The lowest BCUT2D eigenvalue weighted by Gasteiger charge is -2.31. The molecule has 1 aromatic rings. The van der Waals surface area contributed by atoms with Crippen molar-refractivity contribution >= 4 is 0 Å². The molecule has 3 heteroatoms. The molecule has 2 unspecified atom stereocenters. The number of hydrogen-bond donors (Lipinski definition) is 2. The van der Waals surface area contributed by atoms with Gasteiger partial charge in [0.2, 0.25) is 0 Å². The van der Waals surface area contributed by atoms with Crippen molar-refractivity contribution in [3.05, 3.63) is 29.3 Å². The van der Waals surface area contributed by atoms with Crippen molar-refractivity contribution in [2.45, 2.75) is 51.1 Å². The van der Waals surface area contributed by atoms with E-state index < -0.39 is 0 Å². The van der Waals surface area contributed by atoms with E-state index in [0.29, 0.717) is 17.8 Å². The van der Waals surface area contributed by atoms with E-state index in [2.05, 4.69) is 23.2 Å². The lowest BCUT2D eigenvalue weighted by atomic mass is 9.87. The maximum absolute atomic E-state index is 9.62. The Balaban J connectivity index is 1.63. The van der Waals surface area contributed by atoms with Crippen LogP contribution in [0.3, 0.4) is 0 Å². The van der Waals surface area contributed by atoms with Gasteiger partial charge < -0.3 is 15.3 Å². The largest absolute Gasteiger partial charge is 0.508 e. The molecule has 0 spiro atoms. The van der Waals surface area contributed by atoms with E-state index in [4.69, 9.17) is 0 Å². The van der Waals surface area contributed by atoms with E-state index in [9.17, 15) is 5.11 Å². The first-order valence-corrected chi connectivity index (χ1v) is 8.02. The third-order valence-corrected chi connectivity index (χ3v) is 4.66. The van der Waals surface area contributed by atoms with E-state index in [1.54, 1.807) is 0 Å². The molecule has 1 aromatic carbocycles. The lowest BCUT2D eigenvalue weighted by Crippen LogP contribution is -2.40. The number of fused-ring (bicyclic) bond motifs is 1. The first kappa shape index (κ1) is 13.9. The molecule has 0 bridgehead atoms. The number of rotatable bonds is 4. The highest BCUT2D eigenvalue weighted by Crippen LogP contribution is 2.32. The Morgan fingerprint density at radius 1 is 1.30 bits per heavy atom. The fourth-order valence-electron chi connectivity index (χ4n) is 3.72. The number of aryl methyl sites for hydroxylation is 1. The van der Waals surface area contributed by atoms with Crippen LogP contribution in [0.1, 0.15) is 49.8 Å². The topological polar surface area (TPSA) is 35.5 Å². The number of nitrogens with zero attached hydrogens (tertiary/aromatic N) is 1. The second kappa shape index (κ2) is 6.15. The van der Waals surface area contributed by atoms with E-state index in [1.807, 2.05) is 12.1 Å². The van der Waals surface area contributed by atoms with Crippen LogP contribution in [0.2, 0.25) is 0 Å². The van der Waals surface area contributed by atoms with E-state index in [1.165, 1.54) is 49.9 Å². The number of benzene rings is 1. The van der Waals surface area contributed by atoms with Crippen LogP contribution in [0.25, 0.3) is 0 Å². The summed E-state index contributed by atoms with van der Waals surface area (Å²) >= 11 is 0. The van der Waals surface area contributed by atoms with Gasteiger partial charge in [-0.2, -0.15) is 0 Å². The molecular formula is C17H26N2O. The highest BCUT2D eigenvalue weighted by molar-refractivity contribution is 5.38. The minimum atomic E-state index is 0.398. The summed E-state index contributed by atoms with van der Waals surface area (Å²) in [6, 6.07) is 6.84. The molecule has 20 heavy (non-hydrogen) atoms. The zero-order valence-corrected chi connectivity index (χ0v) is 12.4. The maximum atomic E-state index is 9.62. The third kappa shape index (κ3) is 3.15. The molecule has 1 fully saturated rings. The standard InChI is InChI=1S/C17H26N2O/c1-13(12-19-9-2-3-10-19)18-17-6-4-5-14-11-15(20)7-8-16(14)17/h7-8,11,13,17-18,20H,2-6,9-10,12H2,1H3. The average Bonchev–Trinajstić information content (AvgIpc) is 2.91. The van der Waals surface area contributed by atoms with Crippen LogP contribution in [-0.4, -0.2) is 35.7 Å². The fourth-order valence-corrected chi connectivity index (χ4v) is 3.72. The molecule has 2 N–H and O–H groups in total. The van der Waals surface area contributed by atoms with Gasteiger partial charge in [-0.05, 0) is 75.4 Å². The molecule has 1 saturated heterocycles. The van der Waals surface area contributed by atoms with Crippen LogP contribution in [0, 0.1) is 0 Å². The molecule has 1 heterocycles. The molecular weight excluding hydrogens is 248 g/mol. The summed E-state index contributed by atoms with van der Waals surface area (Å²) in [5.41, 5.74) is 2.71. The number of nitrogens with one attached hydrogen (secondary N) is 1. The van der Waals surface area contributed by atoms with E-state index in [-0.39, 0.29) is 0 Å². The van der Waals surface area contributed by atoms with Gasteiger partial charge in [0.25, 0.3) is 0 Å². The average molecular weight is 274 g/mol. The molecule has 1 aliphatic carbocycles. The van der Waals surface area contributed by atoms with Crippen LogP contribution in [-0.2, 0) is 6.42 Å². The van der Waals surface area contributed by atoms with Gasteiger partial charge in [-0.25, -0.2) is 0 Å². The van der Waals surface area contributed by atoms with Crippen LogP contribution >= 0.6 is 0 Å². The number of hydrogen-bond acceptors (Lipinski definition) is 3. The van der Waals surface area contributed by atoms with E-state index >= 15 is 0 Å². The summed E-state index contributed by atoms with van der Waals surface area (Å²) in [6.45, 7) is 5.99. The molecule has 0 saturated carbocycles. The monoisotopic (exact) mass is 274 g/mol. The highest BCUT2D eigenvalue weighted by atomic mass is 16.3. The quantitative estimate of drug-likeness (QED) is 0.886. The van der Waals surface area contributed by atoms with Gasteiger partial charge in [0.15, 0.2) is 0 Å². The molecule has 3 nitrogen and oxygen atoms in total. The van der Waals surface area contributed by atoms with Gasteiger partial charge >= 0.3 is 0 Å². The van der Waals surface area contributed by atoms with Crippen molar-refractivity contribution in [3.63, 3.8) is 0 Å². The van der Waals surface area contributed by atoms with Crippen molar-refractivity contribution in [1.29, 1.82) is 0 Å². The molecule has 2 atom stereocenters. The molecule has 0 aromatic heterocycles. The lowest BCUT2D eigenvalue weighted by molar-refractivity contribution is 0.279. The molecule has 0 radical (unpaired) electrons. The van der Waals surface area contributed by atoms with Gasteiger partial charge in [-0.15, -0.1) is 0 Å². The zero-order valence-electron chi connectivity index (χ0n) is 12.4. The van der Waals surface area contributed by atoms with Crippen LogP contribution in [0.15, 0.2) is 18.2 Å². The molecule has 0 amide bonds. The van der Waals surface area contributed by atoms with E-state index in [0.717, 1.165) is 13.0 Å². The Bertz CT molecular complexity index is 454. The van der Waals surface area contributed by atoms with Crippen molar-refractivity contribution < 1.29 is 5.11 Å². The summed E-state index contributed by atoms with van der Waals surface area (Å²) in [4.78, 5) is 2.57. The Kier molecular flexibility index (Phi) is 4.27. The summed E-state index contributed by atoms with van der Waals surface area (Å²) in [7, 11) is 0. The van der Waals surface area contributed by atoms with Crippen molar-refractivity contribution in [1.82, 2.24) is 10.2 Å². The summed E-state index contributed by atoms with van der Waals surface area (Å²) in [6.07, 6.45) is 6.24. The molecule has 2 aliphatic rings. The first-order valence-electron chi connectivity index (χ1n) is 8.02. The van der Waals surface area contributed by atoms with Crippen molar-refractivity contribution in [2.75, 3.05) is 19.6 Å². The van der Waals surface area contributed by atoms with Crippen LogP contribution in [0.5, 0.6) is 5.75 Å². The number of likely N-dealkylation sites (tertiary alicyclic amines) is 1. The second-order valence-electron chi connectivity index (χ2n) is 6.40. The smallest absolute Gasteiger partial charge is 0.115 e. The minimum absolute atomic E-state index is 0.398. The minimum Gasteiger partial charge on any atom is -0.508 e. The molecule has 3 rings (SSSR count). The summed E-state index contributed by atoms with van der Waals surface area (Å²) < 4.78 is 0. The SMILES string of the molecule is CC(CN1CCCC1)NC1CCCc2cc(O)ccc21. The maximum Gasteiger partial charge on any atom is 0.115 e. The zero-order chi connectivity index (χ0) is 13.9. The normalized spacial score (nSPS) is 24.6. The first-order chi connectivity index (χ1) is 9.72. The Labute approximate surface area is 122 Å². The number of phenols is 1. The Hall–Kier alpha value is -1.06. The third-order valence-electron chi connectivity index (χ3n) is 4.66. The Morgan fingerprint density at radius 2 is 2.10 bits per heavy atom. The summed E-state index contributed by atoms with van der Waals surface area (Å²) in [5, 5.41) is 13.4. The van der Waals surface area contributed by atoms with Crippen LogP contribution < -0.4 is 5.32 Å². The molecule has 110 valence electrons. The van der Waals surface area contributed by atoms with Gasteiger partial charge in [0.05, 0.1) is 0 Å². The predicted octanol–water partition coefficient (Wildman–Crippen LogP) is 2.84. The number of aromatic hydroxyl groups is 1. The van der Waals surface area contributed by atoms with Crippen molar-refractivity contribution in [2.24, 2.45) is 0 Å². The fraction of sp³-hybridized carbons (Fsp3) is 0.647. The number of phenolic OH excluding ortho intramolecular Hbond substituents is 1. The Morgan fingerprint density at radius 3 is 2.90 bits per heavy atom. The van der Waals surface area contributed by atoms with Gasteiger partial charge in [0.1, 0.15) is 5.75 Å². The van der Waals surface area contributed by atoms with Gasteiger partial charge in [-0.3, -0.25) is 0 Å². The van der Waals surface area contributed by atoms with Crippen LogP contribution in [0.4, 0.5) is 0 Å².